The number of hydrogen-bond acceptors (Lipinski definition) is 7. The van der Waals surface area contributed by atoms with E-state index in [2.05, 4.69) is 21.3 Å². The standard InChI is InChI=1S/C31H32F3N7O4/c1-7-19-21-17(12-36-13-20(21)40(6)39-19)10-18(11-35)37-24(42)23-30-14-29(30,27(30,3)4)15-41(23)25(43)22(38-26(44)31(32,33)34)16(2)45-28(5)8-9-28/h1,10,12-13,16,22-23H,8-9,14-15H2,2-6H3,(H,37,42)(H,38,44)/b18-10+/t16-,22+,23-,29?,30?/m1/s1. The minimum Gasteiger partial charge on any atom is -0.370 e. The number of terminal acetylenes is 1. The molecule has 3 saturated carbocycles. The van der Waals surface area contributed by atoms with Crippen molar-refractivity contribution in [2.45, 2.75) is 76.9 Å². The largest absolute Gasteiger partial charge is 0.471 e. The predicted octanol–water partition coefficient (Wildman–Crippen LogP) is 2.56. The quantitative estimate of drug-likeness (QED) is 0.340. The van der Waals surface area contributed by atoms with E-state index in [0.29, 0.717) is 41.4 Å². The van der Waals surface area contributed by atoms with E-state index in [4.69, 9.17) is 11.2 Å². The van der Waals surface area contributed by atoms with Crippen LogP contribution in [-0.2, 0) is 26.2 Å². The zero-order chi connectivity index (χ0) is 32.9. The van der Waals surface area contributed by atoms with E-state index in [-0.39, 0.29) is 17.7 Å². The Morgan fingerprint density at radius 2 is 1.93 bits per heavy atom. The van der Waals surface area contributed by atoms with Crippen LogP contribution in [0.5, 0.6) is 0 Å². The van der Waals surface area contributed by atoms with Crippen molar-refractivity contribution >= 4 is 34.7 Å². The van der Waals surface area contributed by atoms with E-state index in [1.54, 1.807) is 24.9 Å². The van der Waals surface area contributed by atoms with Crippen LogP contribution in [0.1, 0.15) is 58.2 Å². The van der Waals surface area contributed by atoms with Gasteiger partial charge in [0.2, 0.25) is 11.8 Å². The first-order chi connectivity index (χ1) is 21.0. The molecule has 45 heavy (non-hydrogen) atoms. The molecule has 4 fully saturated rings. The van der Waals surface area contributed by atoms with E-state index in [0.717, 1.165) is 0 Å². The number of piperidine rings is 2. The molecule has 2 aromatic rings. The maximum atomic E-state index is 14.0. The van der Waals surface area contributed by atoms with Gasteiger partial charge in [-0.3, -0.25) is 24.0 Å². The van der Waals surface area contributed by atoms with Gasteiger partial charge in [0.1, 0.15) is 29.5 Å². The summed E-state index contributed by atoms with van der Waals surface area (Å²) in [6.45, 7) is 7.30. The molecule has 14 heteroatoms. The molecule has 6 rings (SSSR count). The number of pyridine rings is 1. The number of carbonyl (C=O) groups excluding carboxylic acids is 3. The fourth-order valence-corrected chi connectivity index (χ4v) is 7.75. The molecule has 0 bridgehead atoms. The first-order valence-corrected chi connectivity index (χ1v) is 14.5. The predicted molar refractivity (Wildman–Crippen MR) is 153 cm³/mol. The Balaban J connectivity index is 1.31. The molecular formula is C31H32F3N7O4. The Morgan fingerprint density at radius 1 is 1.24 bits per heavy atom. The summed E-state index contributed by atoms with van der Waals surface area (Å²) in [5, 5.41) is 19.3. The summed E-state index contributed by atoms with van der Waals surface area (Å²) >= 11 is 0. The van der Waals surface area contributed by atoms with Crippen LogP contribution in [0.2, 0.25) is 0 Å². The van der Waals surface area contributed by atoms with Gasteiger partial charge in [-0.1, -0.05) is 13.8 Å². The Morgan fingerprint density at radius 3 is 2.51 bits per heavy atom. The molecule has 3 amide bonds. The number of aryl methyl sites for hydroxylation is 1. The average Bonchev–Trinajstić information content (AvgIpc) is 3.87. The van der Waals surface area contributed by atoms with E-state index >= 15 is 0 Å². The van der Waals surface area contributed by atoms with Gasteiger partial charge in [-0.2, -0.15) is 23.5 Å². The topological polar surface area (TPSA) is 142 Å². The highest BCUT2D eigenvalue weighted by Gasteiger charge is 3.02. The van der Waals surface area contributed by atoms with Crippen LogP contribution < -0.4 is 10.6 Å². The minimum absolute atomic E-state index is 0.120. The second-order valence-electron chi connectivity index (χ2n) is 13.3. The second kappa shape index (κ2) is 9.54. The first kappa shape index (κ1) is 30.6. The van der Waals surface area contributed by atoms with Gasteiger partial charge < -0.3 is 20.3 Å². The molecule has 5 atom stereocenters. The van der Waals surface area contributed by atoms with E-state index in [1.165, 1.54) is 24.1 Å². The highest BCUT2D eigenvalue weighted by molar-refractivity contribution is 5.98. The Bertz CT molecular complexity index is 1780. The number of amides is 3. The molecule has 3 heterocycles. The third kappa shape index (κ3) is 4.33. The lowest BCUT2D eigenvalue weighted by atomic mass is 9.80. The van der Waals surface area contributed by atoms with Crippen molar-refractivity contribution in [2.75, 3.05) is 6.54 Å². The third-order valence-electron chi connectivity index (χ3n) is 10.6. The van der Waals surface area contributed by atoms with Crippen LogP contribution in [0.4, 0.5) is 13.2 Å². The van der Waals surface area contributed by atoms with Crippen molar-refractivity contribution in [3.8, 4) is 18.4 Å². The third-order valence-corrected chi connectivity index (χ3v) is 10.6. The number of fused-ring (bicyclic) bond motifs is 1. The maximum absolute atomic E-state index is 14.0. The first-order valence-electron chi connectivity index (χ1n) is 14.5. The number of ether oxygens (including phenoxy) is 1. The van der Waals surface area contributed by atoms with E-state index in [1.807, 2.05) is 25.2 Å². The van der Waals surface area contributed by atoms with Gasteiger partial charge in [0, 0.05) is 41.6 Å². The summed E-state index contributed by atoms with van der Waals surface area (Å²) in [4.78, 5) is 45.5. The normalized spacial score (nSPS) is 28.2. The molecule has 2 aromatic heterocycles. The number of allylic oxidation sites excluding steroid dienone is 1. The molecule has 0 radical (unpaired) electrons. The smallest absolute Gasteiger partial charge is 0.370 e. The summed E-state index contributed by atoms with van der Waals surface area (Å²) < 4.78 is 47.4. The molecule has 11 nitrogen and oxygen atoms in total. The van der Waals surface area contributed by atoms with Crippen molar-refractivity contribution in [1.29, 1.82) is 5.26 Å². The maximum Gasteiger partial charge on any atom is 0.471 e. The number of nitrogens with zero attached hydrogens (tertiary/aromatic N) is 5. The highest BCUT2D eigenvalue weighted by atomic mass is 19.4. The van der Waals surface area contributed by atoms with Crippen LogP contribution in [0.25, 0.3) is 17.0 Å². The number of rotatable bonds is 8. The zero-order valence-electron chi connectivity index (χ0n) is 25.4. The molecule has 2 unspecified atom stereocenters. The molecular weight excluding hydrogens is 591 g/mol. The van der Waals surface area contributed by atoms with Crippen LogP contribution in [-0.4, -0.2) is 73.9 Å². The van der Waals surface area contributed by atoms with Crippen LogP contribution in [0.15, 0.2) is 18.1 Å². The zero-order valence-corrected chi connectivity index (χ0v) is 25.4. The number of halogens is 3. The minimum atomic E-state index is -5.23. The Labute approximate surface area is 257 Å². The number of nitrogens with one attached hydrogen (secondary N) is 2. The molecule has 236 valence electrons. The van der Waals surface area contributed by atoms with Crippen molar-refractivity contribution in [3.63, 3.8) is 0 Å². The number of nitriles is 1. The molecule has 0 aromatic carbocycles. The fourth-order valence-electron chi connectivity index (χ4n) is 7.75. The van der Waals surface area contributed by atoms with Gasteiger partial charge in [0.25, 0.3) is 0 Å². The molecule has 4 aliphatic rings. The molecule has 2 N–H and O–H groups in total. The van der Waals surface area contributed by atoms with Crippen LogP contribution in [0.3, 0.4) is 0 Å². The number of alkyl halides is 3. The fraction of sp³-hybridized carbons (Fsp3) is 0.548. The summed E-state index contributed by atoms with van der Waals surface area (Å²) in [6.07, 6.45) is 5.71. The number of carbonyl (C=O) groups is 3. The average molecular weight is 624 g/mol. The lowest BCUT2D eigenvalue weighted by molar-refractivity contribution is -0.177. The van der Waals surface area contributed by atoms with E-state index < -0.39 is 58.5 Å². The van der Waals surface area contributed by atoms with Crippen molar-refractivity contribution in [3.05, 3.63) is 29.3 Å². The molecule has 3 aliphatic carbocycles. The molecule has 1 saturated heterocycles. The Kier molecular flexibility index (Phi) is 6.48. The molecule has 0 spiro atoms. The van der Waals surface area contributed by atoms with Crippen molar-refractivity contribution < 1.29 is 32.3 Å². The highest BCUT2D eigenvalue weighted by Crippen LogP contribution is 3.00. The van der Waals surface area contributed by atoms with Crippen LogP contribution in [0, 0.1) is 39.9 Å². The lowest BCUT2D eigenvalue weighted by Crippen LogP contribution is -2.62. The monoisotopic (exact) mass is 623 g/mol. The van der Waals surface area contributed by atoms with Gasteiger partial charge in [0.05, 0.1) is 23.4 Å². The van der Waals surface area contributed by atoms with Gasteiger partial charge >= 0.3 is 12.1 Å². The van der Waals surface area contributed by atoms with Gasteiger partial charge in [0.15, 0.2) is 0 Å². The number of aromatic nitrogens is 3. The summed E-state index contributed by atoms with van der Waals surface area (Å²) in [5.74, 6) is -1.28. The van der Waals surface area contributed by atoms with Gasteiger partial charge in [-0.25, -0.2) is 0 Å². The number of hydrogen-bond donors (Lipinski definition) is 2. The van der Waals surface area contributed by atoms with Crippen LogP contribution >= 0.6 is 0 Å². The van der Waals surface area contributed by atoms with Crippen molar-refractivity contribution in [2.24, 2.45) is 23.3 Å². The Hall–Kier alpha value is -4.43. The molecule has 1 aliphatic heterocycles. The SMILES string of the molecule is C#Cc1nn(C)c2cncc(/C=C(\C#N)NC(=O)[C@H]3N(C(=O)[C@@H](NC(=O)C(F)(F)F)[C@@H](C)OC4(C)CC4)CC45CC34C5(C)C)c12. The van der Waals surface area contributed by atoms with Gasteiger partial charge in [-0.15, -0.1) is 6.42 Å². The summed E-state index contributed by atoms with van der Waals surface area (Å²) in [5.41, 5.74) is -0.730. The van der Waals surface area contributed by atoms with Crippen molar-refractivity contribution in [1.82, 2.24) is 30.3 Å². The van der Waals surface area contributed by atoms with Gasteiger partial charge in [-0.05, 0) is 50.5 Å². The lowest BCUT2D eigenvalue weighted by Gasteiger charge is -2.41. The number of likely N-dealkylation sites (tertiary alicyclic amines) is 1. The van der Waals surface area contributed by atoms with E-state index in [9.17, 15) is 32.8 Å². The second-order valence-corrected chi connectivity index (χ2v) is 13.3. The summed E-state index contributed by atoms with van der Waals surface area (Å²) in [6, 6.07) is -0.825. The summed E-state index contributed by atoms with van der Waals surface area (Å²) in [7, 11) is 1.69.